The van der Waals surface area contributed by atoms with Crippen molar-refractivity contribution in [1.29, 1.82) is 0 Å². The van der Waals surface area contributed by atoms with E-state index < -0.39 is 0 Å². The van der Waals surface area contributed by atoms with Gasteiger partial charge in [0.25, 0.3) is 0 Å². The smallest absolute Gasteiger partial charge is 0.0169 e. The Morgan fingerprint density at radius 1 is 0.750 bits per heavy atom. The second-order valence-electron chi connectivity index (χ2n) is 6.28. The highest BCUT2D eigenvalue weighted by atomic mass is 31.0. The summed E-state index contributed by atoms with van der Waals surface area (Å²) in [5.74, 6) is 2.40. The van der Waals surface area contributed by atoms with E-state index in [0.29, 0.717) is 0 Å². The molecule has 1 heterocycles. The third-order valence-corrected chi connectivity index (χ3v) is 5.61. The number of unbranched alkanes of at least 4 members (excludes halogenated alkanes) is 3. The Morgan fingerprint density at radius 2 is 1.42 bits per heavy atom. The molecule has 1 heteroatoms. The summed E-state index contributed by atoms with van der Waals surface area (Å²) < 4.78 is 0. The fourth-order valence-electron chi connectivity index (χ4n) is 3.06. The number of hydrogen-bond donors (Lipinski definition) is 0. The van der Waals surface area contributed by atoms with Gasteiger partial charge in [-0.3, -0.25) is 0 Å². The summed E-state index contributed by atoms with van der Waals surface area (Å²) in [5, 5.41) is 1.42. The molecule has 0 unspecified atom stereocenters. The van der Waals surface area contributed by atoms with Gasteiger partial charge in [-0.2, -0.15) is 0 Å². The van der Waals surface area contributed by atoms with E-state index in [9.17, 15) is 0 Å². The van der Waals surface area contributed by atoms with Gasteiger partial charge in [-0.1, -0.05) is 95.0 Å². The summed E-state index contributed by atoms with van der Waals surface area (Å²) >= 11 is 0. The zero-order chi connectivity index (χ0) is 16.6. The second-order valence-corrected chi connectivity index (χ2v) is 7.25. The van der Waals surface area contributed by atoms with Crippen LogP contribution in [0.5, 0.6) is 0 Å². The van der Waals surface area contributed by atoms with Gasteiger partial charge < -0.3 is 0 Å². The van der Waals surface area contributed by atoms with Crippen LogP contribution in [-0.4, -0.2) is 0 Å². The minimum Gasteiger partial charge on any atom is -0.0669 e. The maximum absolute atomic E-state index is 2.42. The average Bonchev–Trinajstić information content (AvgIpc) is 2.66. The van der Waals surface area contributed by atoms with Crippen molar-refractivity contribution >= 4 is 8.19 Å². The molecule has 0 aliphatic heterocycles. The summed E-state index contributed by atoms with van der Waals surface area (Å²) in [6, 6.07) is 24.0. The van der Waals surface area contributed by atoms with Crippen molar-refractivity contribution in [1.82, 2.24) is 0 Å². The van der Waals surface area contributed by atoms with Crippen LogP contribution in [0.15, 0.2) is 72.5 Å². The standard InChI is InChI=1S/C23H25P/c1-2-3-4-7-12-19-17-22(20-13-8-5-9-14-20)23(24-18-19)21-15-10-6-11-16-21/h5-6,8-11,13-18H,2-4,7,12H2,1H3. The van der Waals surface area contributed by atoms with E-state index in [-0.39, 0.29) is 0 Å². The summed E-state index contributed by atoms with van der Waals surface area (Å²) in [5.41, 5.74) is 5.53. The zero-order valence-electron chi connectivity index (χ0n) is 14.4. The van der Waals surface area contributed by atoms with Crippen LogP contribution in [0, 0.1) is 0 Å². The Morgan fingerprint density at radius 3 is 2.08 bits per heavy atom. The van der Waals surface area contributed by atoms with Crippen LogP contribution in [0.4, 0.5) is 0 Å². The molecule has 0 spiro atoms. The Bertz CT molecular complexity index is 748. The third kappa shape index (κ3) is 4.34. The first-order valence-electron chi connectivity index (χ1n) is 8.98. The van der Waals surface area contributed by atoms with E-state index in [2.05, 4.69) is 79.5 Å². The van der Waals surface area contributed by atoms with Crippen LogP contribution in [0.2, 0.25) is 0 Å². The molecule has 0 nitrogen and oxygen atoms in total. The molecule has 0 aliphatic rings. The van der Waals surface area contributed by atoms with Gasteiger partial charge in [0.1, 0.15) is 0 Å². The lowest BCUT2D eigenvalue weighted by molar-refractivity contribution is 0.667. The highest BCUT2D eigenvalue weighted by Gasteiger charge is 2.09. The molecule has 0 N–H and O–H groups in total. The lowest BCUT2D eigenvalue weighted by atomic mass is 9.99. The number of hydrogen-bond acceptors (Lipinski definition) is 0. The van der Waals surface area contributed by atoms with E-state index in [1.807, 2.05) is 0 Å². The predicted octanol–water partition coefficient (Wildman–Crippen LogP) is 7.72. The van der Waals surface area contributed by atoms with E-state index >= 15 is 0 Å². The van der Waals surface area contributed by atoms with Gasteiger partial charge in [-0.25, -0.2) is 0 Å². The van der Waals surface area contributed by atoms with E-state index in [4.69, 9.17) is 0 Å². The van der Waals surface area contributed by atoms with Gasteiger partial charge in [-0.15, -0.1) is 0 Å². The van der Waals surface area contributed by atoms with Gasteiger partial charge in [0.2, 0.25) is 0 Å². The van der Waals surface area contributed by atoms with Crippen molar-refractivity contribution in [3.63, 3.8) is 0 Å². The van der Waals surface area contributed by atoms with Crippen molar-refractivity contribution in [2.45, 2.75) is 39.0 Å². The van der Waals surface area contributed by atoms with Gasteiger partial charge >= 0.3 is 0 Å². The molecule has 2 aromatic carbocycles. The Balaban J connectivity index is 1.94. The monoisotopic (exact) mass is 332 g/mol. The lowest BCUT2D eigenvalue weighted by Crippen LogP contribution is -1.88. The van der Waals surface area contributed by atoms with Crippen LogP contribution >= 0.6 is 8.19 Å². The van der Waals surface area contributed by atoms with Crippen LogP contribution in [0.1, 0.15) is 38.2 Å². The molecule has 3 aromatic rings. The molecule has 0 saturated heterocycles. The largest absolute Gasteiger partial charge is 0.0669 e. The molecule has 0 atom stereocenters. The fourth-order valence-corrected chi connectivity index (χ4v) is 4.19. The van der Waals surface area contributed by atoms with Crippen LogP contribution < -0.4 is 0 Å². The first-order valence-corrected chi connectivity index (χ1v) is 9.94. The van der Waals surface area contributed by atoms with E-state index in [1.165, 1.54) is 67.8 Å². The van der Waals surface area contributed by atoms with Crippen molar-refractivity contribution < 1.29 is 0 Å². The molecular formula is C23H25P. The van der Waals surface area contributed by atoms with Gasteiger partial charge in [0.15, 0.2) is 0 Å². The molecule has 0 bridgehead atoms. The first kappa shape index (κ1) is 16.9. The number of aryl methyl sites for hydroxylation is 1. The second kappa shape index (κ2) is 8.81. The molecule has 0 fully saturated rings. The summed E-state index contributed by atoms with van der Waals surface area (Å²) in [7, 11) is 1.32. The van der Waals surface area contributed by atoms with E-state index in [0.717, 1.165) is 0 Å². The SMILES string of the molecule is CCCCCCc1cpc(-c2ccccc2)c(-c2ccccc2)c1. The molecule has 0 radical (unpaired) electrons. The van der Waals surface area contributed by atoms with Crippen molar-refractivity contribution in [2.24, 2.45) is 0 Å². The van der Waals surface area contributed by atoms with Gasteiger partial charge in [-0.05, 0) is 47.0 Å². The molecule has 122 valence electrons. The summed E-state index contributed by atoms with van der Waals surface area (Å²) in [6.45, 7) is 2.27. The quantitative estimate of drug-likeness (QED) is 0.388. The summed E-state index contributed by atoms with van der Waals surface area (Å²) in [4.78, 5) is 0. The first-order chi connectivity index (χ1) is 11.9. The highest BCUT2D eigenvalue weighted by molar-refractivity contribution is 7.33. The van der Waals surface area contributed by atoms with Crippen LogP contribution in [-0.2, 0) is 6.42 Å². The number of benzene rings is 2. The van der Waals surface area contributed by atoms with Gasteiger partial charge in [0.05, 0.1) is 0 Å². The molecule has 0 amide bonds. The third-order valence-electron chi connectivity index (χ3n) is 4.40. The topological polar surface area (TPSA) is 0 Å². The predicted molar refractivity (Wildman–Crippen MR) is 108 cm³/mol. The minimum absolute atomic E-state index is 1.20. The van der Waals surface area contributed by atoms with Gasteiger partial charge in [0, 0.05) is 5.30 Å². The Kier molecular flexibility index (Phi) is 6.21. The normalized spacial score (nSPS) is 11.0. The van der Waals surface area contributed by atoms with Crippen LogP contribution in [0.3, 0.4) is 0 Å². The van der Waals surface area contributed by atoms with Crippen LogP contribution in [0.25, 0.3) is 22.0 Å². The maximum Gasteiger partial charge on any atom is 0.0169 e. The molecule has 1 aromatic heterocycles. The average molecular weight is 332 g/mol. The molecule has 3 rings (SSSR count). The molecule has 0 saturated carbocycles. The lowest BCUT2D eigenvalue weighted by Gasteiger charge is -2.12. The molecule has 0 aliphatic carbocycles. The highest BCUT2D eigenvalue weighted by Crippen LogP contribution is 2.39. The summed E-state index contributed by atoms with van der Waals surface area (Å²) in [6.07, 6.45) is 6.49. The maximum atomic E-state index is 2.42. The number of rotatable bonds is 7. The zero-order valence-corrected chi connectivity index (χ0v) is 15.3. The molecular weight excluding hydrogens is 307 g/mol. The molecule has 24 heavy (non-hydrogen) atoms. The van der Waals surface area contributed by atoms with Crippen molar-refractivity contribution in [3.8, 4) is 22.0 Å². The van der Waals surface area contributed by atoms with Crippen molar-refractivity contribution in [3.05, 3.63) is 78.1 Å². The van der Waals surface area contributed by atoms with E-state index in [1.54, 1.807) is 0 Å². The minimum atomic E-state index is 1.20. The Hall–Kier alpha value is -1.91. The Labute approximate surface area is 147 Å². The van der Waals surface area contributed by atoms with Crippen molar-refractivity contribution in [2.75, 3.05) is 0 Å². The fraction of sp³-hybridized carbons (Fsp3) is 0.261.